The second-order valence-corrected chi connectivity index (χ2v) is 6.07. The lowest BCUT2D eigenvalue weighted by molar-refractivity contribution is 0.0702. The van der Waals surface area contributed by atoms with Crippen LogP contribution < -0.4 is 10.6 Å². The molecule has 1 rings (SSSR count). The third-order valence-electron chi connectivity index (χ3n) is 3.99. The molecular formula is C17H36N4O3. The number of rotatable bonds is 12. The molecule has 1 heterocycles. The van der Waals surface area contributed by atoms with Gasteiger partial charge in [-0.25, -0.2) is 0 Å². The summed E-state index contributed by atoms with van der Waals surface area (Å²) >= 11 is 0. The third kappa shape index (κ3) is 10.8. The Morgan fingerprint density at radius 3 is 2.67 bits per heavy atom. The van der Waals surface area contributed by atoms with Gasteiger partial charge in [-0.1, -0.05) is 0 Å². The highest BCUT2D eigenvalue weighted by Crippen LogP contribution is 2.09. The number of hydrogen-bond acceptors (Lipinski definition) is 5. The number of likely N-dealkylation sites (tertiary alicyclic amines) is 1. The molecule has 7 nitrogen and oxygen atoms in total. The van der Waals surface area contributed by atoms with Gasteiger partial charge in [0.2, 0.25) is 0 Å². The quantitative estimate of drug-likeness (QED) is 0.271. The molecule has 0 amide bonds. The molecule has 142 valence electrons. The molecule has 24 heavy (non-hydrogen) atoms. The van der Waals surface area contributed by atoms with Crippen molar-refractivity contribution in [1.82, 2.24) is 15.5 Å². The highest BCUT2D eigenvalue weighted by Gasteiger charge is 2.15. The normalized spacial score (nSPS) is 17.2. The zero-order chi connectivity index (χ0) is 17.5. The first-order valence-corrected chi connectivity index (χ1v) is 9.25. The topological polar surface area (TPSA) is 78.4 Å². The van der Waals surface area contributed by atoms with Crippen molar-refractivity contribution in [3.8, 4) is 0 Å². The smallest absolute Gasteiger partial charge is 0.191 e. The van der Waals surface area contributed by atoms with Crippen molar-refractivity contribution in [2.24, 2.45) is 4.99 Å². The van der Waals surface area contributed by atoms with Gasteiger partial charge in [-0.15, -0.1) is 0 Å². The number of ether oxygens (including phenoxy) is 2. The van der Waals surface area contributed by atoms with Crippen molar-refractivity contribution < 1.29 is 14.6 Å². The van der Waals surface area contributed by atoms with E-state index < -0.39 is 0 Å². The Hall–Kier alpha value is -0.890. The minimum Gasteiger partial charge on any atom is -0.393 e. The number of aliphatic hydroxyl groups is 1. The molecule has 1 saturated heterocycles. The summed E-state index contributed by atoms with van der Waals surface area (Å²) in [6, 6.07) is 0. The van der Waals surface area contributed by atoms with Crippen molar-refractivity contribution in [2.75, 3.05) is 66.2 Å². The molecule has 0 saturated carbocycles. The van der Waals surface area contributed by atoms with Gasteiger partial charge in [0.15, 0.2) is 5.96 Å². The monoisotopic (exact) mass is 344 g/mol. The summed E-state index contributed by atoms with van der Waals surface area (Å²) in [5.41, 5.74) is 0. The van der Waals surface area contributed by atoms with Gasteiger partial charge in [0.05, 0.1) is 19.3 Å². The van der Waals surface area contributed by atoms with Crippen LogP contribution in [0.3, 0.4) is 0 Å². The fourth-order valence-electron chi connectivity index (χ4n) is 2.60. The molecule has 0 aromatic carbocycles. The Balaban J connectivity index is 2.07. The Morgan fingerprint density at radius 2 is 1.96 bits per heavy atom. The van der Waals surface area contributed by atoms with Gasteiger partial charge in [-0.3, -0.25) is 4.99 Å². The maximum Gasteiger partial charge on any atom is 0.191 e. The van der Waals surface area contributed by atoms with Crippen LogP contribution in [0.5, 0.6) is 0 Å². The number of nitrogens with one attached hydrogen (secondary N) is 2. The minimum atomic E-state index is -0.0923. The van der Waals surface area contributed by atoms with E-state index in [9.17, 15) is 5.11 Å². The first-order valence-electron chi connectivity index (χ1n) is 9.25. The summed E-state index contributed by atoms with van der Waals surface area (Å²) in [5.74, 6) is 0.878. The zero-order valence-corrected chi connectivity index (χ0v) is 15.4. The lowest BCUT2D eigenvalue weighted by atomic mass is 10.1. The van der Waals surface area contributed by atoms with E-state index in [0.717, 1.165) is 70.9 Å². The molecule has 0 spiro atoms. The number of guanidine groups is 1. The van der Waals surface area contributed by atoms with Crippen LogP contribution in [0.25, 0.3) is 0 Å². The number of aliphatic hydroxyl groups excluding tert-OH is 1. The number of piperidine rings is 1. The second-order valence-electron chi connectivity index (χ2n) is 6.07. The van der Waals surface area contributed by atoms with Crippen molar-refractivity contribution in [3.05, 3.63) is 0 Å². The van der Waals surface area contributed by atoms with E-state index in [1.54, 1.807) is 7.11 Å². The standard InChI is InChI=1S/C17H36N4O3/c1-3-18-17(20-9-5-13-24-15-14-23-2)19-8-4-10-21-11-6-16(22)7-12-21/h16,22H,3-15H2,1-2H3,(H2,18,19,20). The Bertz CT molecular complexity index is 321. The maximum atomic E-state index is 9.52. The number of hydrogen-bond donors (Lipinski definition) is 3. The Kier molecular flexibility index (Phi) is 12.7. The molecule has 1 aliphatic heterocycles. The summed E-state index contributed by atoms with van der Waals surface area (Å²) in [7, 11) is 1.68. The van der Waals surface area contributed by atoms with Crippen LogP contribution in [0.15, 0.2) is 4.99 Å². The van der Waals surface area contributed by atoms with Crippen LogP contribution in [0.1, 0.15) is 32.6 Å². The van der Waals surface area contributed by atoms with Gasteiger partial charge in [0, 0.05) is 46.4 Å². The maximum absolute atomic E-state index is 9.52. The first kappa shape index (κ1) is 21.2. The molecular weight excluding hydrogens is 308 g/mol. The molecule has 7 heteroatoms. The van der Waals surface area contributed by atoms with E-state index in [2.05, 4.69) is 27.4 Å². The van der Waals surface area contributed by atoms with E-state index in [4.69, 9.17) is 9.47 Å². The summed E-state index contributed by atoms with van der Waals surface area (Å²) in [5, 5.41) is 16.2. The molecule has 3 N–H and O–H groups in total. The van der Waals surface area contributed by atoms with Gasteiger partial charge in [0.1, 0.15) is 0 Å². The van der Waals surface area contributed by atoms with Crippen molar-refractivity contribution in [1.29, 1.82) is 0 Å². The molecule has 1 fully saturated rings. The SMILES string of the molecule is CCNC(=NCCCOCCOC)NCCCN1CCC(O)CC1. The summed E-state index contributed by atoms with van der Waals surface area (Å²) in [6.07, 6.45) is 3.72. The average molecular weight is 345 g/mol. The number of nitrogens with zero attached hydrogens (tertiary/aromatic N) is 2. The van der Waals surface area contributed by atoms with Gasteiger partial charge in [-0.05, 0) is 39.2 Å². The Labute approximate surface area is 146 Å². The zero-order valence-electron chi connectivity index (χ0n) is 15.4. The fourth-order valence-corrected chi connectivity index (χ4v) is 2.60. The molecule has 0 bridgehead atoms. The fraction of sp³-hybridized carbons (Fsp3) is 0.941. The van der Waals surface area contributed by atoms with Crippen LogP contribution in [0.4, 0.5) is 0 Å². The van der Waals surface area contributed by atoms with Gasteiger partial charge < -0.3 is 30.1 Å². The van der Waals surface area contributed by atoms with E-state index in [1.165, 1.54) is 0 Å². The van der Waals surface area contributed by atoms with Crippen molar-refractivity contribution in [2.45, 2.75) is 38.7 Å². The highest BCUT2D eigenvalue weighted by molar-refractivity contribution is 5.79. The van der Waals surface area contributed by atoms with Crippen LogP contribution >= 0.6 is 0 Å². The minimum absolute atomic E-state index is 0.0923. The van der Waals surface area contributed by atoms with Gasteiger partial charge >= 0.3 is 0 Å². The first-order chi connectivity index (χ1) is 11.8. The summed E-state index contributed by atoms with van der Waals surface area (Å²) < 4.78 is 10.4. The lowest BCUT2D eigenvalue weighted by Gasteiger charge is -2.29. The molecule has 0 aromatic rings. The van der Waals surface area contributed by atoms with Crippen LogP contribution in [0.2, 0.25) is 0 Å². The summed E-state index contributed by atoms with van der Waals surface area (Å²) in [4.78, 5) is 6.99. The second kappa shape index (κ2) is 14.5. The summed E-state index contributed by atoms with van der Waals surface area (Å²) in [6.45, 7) is 9.71. The van der Waals surface area contributed by atoms with E-state index in [-0.39, 0.29) is 6.10 Å². The largest absolute Gasteiger partial charge is 0.393 e. The predicted molar refractivity (Wildman–Crippen MR) is 97.6 cm³/mol. The van der Waals surface area contributed by atoms with Crippen LogP contribution in [-0.4, -0.2) is 88.3 Å². The molecule has 0 unspecified atom stereocenters. The highest BCUT2D eigenvalue weighted by atomic mass is 16.5. The molecule has 0 aliphatic carbocycles. The van der Waals surface area contributed by atoms with E-state index >= 15 is 0 Å². The van der Waals surface area contributed by atoms with Crippen molar-refractivity contribution >= 4 is 5.96 Å². The molecule has 0 radical (unpaired) electrons. The van der Waals surface area contributed by atoms with Crippen molar-refractivity contribution in [3.63, 3.8) is 0 Å². The van der Waals surface area contributed by atoms with Gasteiger partial charge in [0.25, 0.3) is 0 Å². The predicted octanol–water partition coefficient (Wildman–Crippen LogP) is 0.441. The molecule has 1 aliphatic rings. The molecule has 0 atom stereocenters. The van der Waals surface area contributed by atoms with Crippen LogP contribution in [0, 0.1) is 0 Å². The number of methoxy groups -OCH3 is 1. The van der Waals surface area contributed by atoms with E-state index in [0.29, 0.717) is 19.8 Å². The van der Waals surface area contributed by atoms with Gasteiger partial charge in [-0.2, -0.15) is 0 Å². The lowest BCUT2D eigenvalue weighted by Crippen LogP contribution is -2.40. The average Bonchev–Trinajstić information content (AvgIpc) is 2.59. The Morgan fingerprint density at radius 1 is 1.17 bits per heavy atom. The number of aliphatic imine (C=N–C) groups is 1. The van der Waals surface area contributed by atoms with Crippen LogP contribution in [-0.2, 0) is 9.47 Å². The third-order valence-corrected chi connectivity index (χ3v) is 3.99. The van der Waals surface area contributed by atoms with E-state index in [1.807, 2.05) is 0 Å². The molecule has 0 aromatic heterocycles.